The van der Waals surface area contributed by atoms with E-state index in [2.05, 4.69) is 4.98 Å². The topological polar surface area (TPSA) is 83.0 Å². The van der Waals surface area contributed by atoms with E-state index < -0.39 is 11.8 Å². The van der Waals surface area contributed by atoms with Gasteiger partial charge in [0.05, 0.1) is 17.7 Å². The number of nitriles is 1. The minimum Gasteiger partial charge on any atom is -0.462 e. The van der Waals surface area contributed by atoms with Gasteiger partial charge in [-0.15, -0.1) is 0 Å². The Kier molecular flexibility index (Phi) is 5.56. The summed E-state index contributed by atoms with van der Waals surface area (Å²) in [6, 6.07) is 9.44. The van der Waals surface area contributed by atoms with Gasteiger partial charge in [-0.05, 0) is 39.3 Å². The van der Waals surface area contributed by atoms with Crippen molar-refractivity contribution < 1.29 is 14.3 Å². The quantitative estimate of drug-likeness (QED) is 0.388. The van der Waals surface area contributed by atoms with Gasteiger partial charge < -0.3 is 9.72 Å². The highest BCUT2D eigenvalue weighted by atomic mass is 16.5. The van der Waals surface area contributed by atoms with Crippen LogP contribution >= 0.6 is 0 Å². The number of allylic oxidation sites excluding steroid dienone is 1. The lowest BCUT2D eigenvalue weighted by Crippen LogP contribution is -2.13. The fraction of sp³-hybridized carbons (Fsp3) is 0.250. The van der Waals surface area contributed by atoms with Crippen molar-refractivity contribution >= 4 is 17.8 Å². The first-order chi connectivity index (χ1) is 11.9. The van der Waals surface area contributed by atoms with Crippen LogP contribution in [0, 0.1) is 32.1 Å². The van der Waals surface area contributed by atoms with Gasteiger partial charge in [0, 0.05) is 11.4 Å². The summed E-state index contributed by atoms with van der Waals surface area (Å²) in [5, 5.41) is 9.45. The van der Waals surface area contributed by atoms with Crippen LogP contribution in [0.3, 0.4) is 0 Å². The molecule has 2 aromatic rings. The Labute approximate surface area is 146 Å². The number of hydrogen-bond acceptors (Lipinski definition) is 4. The standard InChI is InChI=1S/C20H20N2O3/c1-5-25-20(24)18-14(4)22-13(3)17(18)19(23)16(11-21)10-15-8-6-7-12(2)9-15/h6-10,22H,5H2,1-4H3/b16-10+. The van der Waals surface area contributed by atoms with Crippen LogP contribution < -0.4 is 0 Å². The van der Waals surface area contributed by atoms with Crippen LogP contribution in [0.5, 0.6) is 0 Å². The van der Waals surface area contributed by atoms with Gasteiger partial charge in [0.1, 0.15) is 11.6 Å². The second-order valence-corrected chi connectivity index (χ2v) is 5.76. The van der Waals surface area contributed by atoms with Crippen molar-refractivity contribution in [3.8, 4) is 6.07 Å². The molecule has 0 spiro atoms. The molecule has 25 heavy (non-hydrogen) atoms. The zero-order valence-corrected chi connectivity index (χ0v) is 14.8. The van der Waals surface area contributed by atoms with Crippen molar-refractivity contribution in [2.45, 2.75) is 27.7 Å². The molecule has 5 nitrogen and oxygen atoms in total. The van der Waals surface area contributed by atoms with Gasteiger partial charge in [-0.25, -0.2) is 4.79 Å². The van der Waals surface area contributed by atoms with Gasteiger partial charge in [-0.2, -0.15) is 5.26 Å². The zero-order valence-electron chi connectivity index (χ0n) is 14.8. The van der Waals surface area contributed by atoms with E-state index in [4.69, 9.17) is 4.74 Å². The third kappa shape index (κ3) is 3.86. The van der Waals surface area contributed by atoms with Crippen molar-refractivity contribution in [1.29, 1.82) is 5.26 Å². The van der Waals surface area contributed by atoms with Crippen LogP contribution in [0.1, 0.15) is 50.2 Å². The number of ether oxygens (including phenoxy) is 1. The monoisotopic (exact) mass is 336 g/mol. The number of carbonyl (C=O) groups excluding carboxylic acids is 2. The Morgan fingerprint density at radius 2 is 1.88 bits per heavy atom. The highest BCUT2D eigenvalue weighted by Gasteiger charge is 2.27. The molecule has 2 rings (SSSR count). The number of esters is 1. The van der Waals surface area contributed by atoms with E-state index in [1.807, 2.05) is 37.3 Å². The number of carbonyl (C=O) groups is 2. The van der Waals surface area contributed by atoms with Gasteiger partial charge in [-0.3, -0.25) is 4.79 Å². The molecule has 1 heterocycles. The summed E-state index contributed by atoms with van der Waals surface area (Å²) in [5.41, 5.74) is 3.22. The number of ketones is 1. The van der Waals surface area contributed by atoms with Crippen LogP contribution in [-0.4, -0.2) is 23.3 Å². The average molecular weight is 336 g/mol. The maximum atomic E-state index is 12.9. The van der Waals surface area contributed by atoms with E-state index in [-0.39, 0.29) is 23.3 Å². The molecule has 0 bridgehead atoms. The summed E-state index contributed by atoms with van der Waals surface area (Å²) in [4.78, 5) is 28.1. The number of aryl methyl sites for hydroxylation is 3. The Morgan fingerprint density at radius 1 is 1.20 bits per heavy atom. The minimum atomic E-state index is -0.569. The molecule has 0 aliphatic heterocycles. The van der Waals surface area contributed by atoms with Crippen molar-refractivity contribution in [2.24, 2.45) is 0 Å². The summed E-state index contributed by atoms with van der Waals surface area (Å²) in [5.74, 6) is -1.06. The van der Waals surface area contributed by atoms with Gasteiger partial charge in [-0.1, -0.05) is 29.8 Å². The van der Waals surface area contributed by atoms with Crippen LogP contribution in [-0.2, 0) is 4.74 Å². The molecule has 0 radical (unpaired) electrons. The third-order valence-electron chi connectivity index (χ3n) is 3.80. The van der Waals surface area contributed by atoms with E-state index in [1.165, 1.54) is 6.08 Å². The van der Waals surface area contributed by atoms with Crippen LogP contribution in [0.4, 0.5) is 0 Å². The highest BCUT2D eigenvalue weighted by molar-refractivity contribution is 6.19. The van der Waals surface area contributed by atoms with Crippen LogP contribution in [0.15, 0.2) is 29.8 Å². The Morgan fingerprint density at radius 3 is 2.48 bits per heavy atom. The summed E-state index contributed by atoms with van der Waals surface area (Å²) in [7, 11) is 0. The second kappa shape index (κ2) is 7.63. The minimum absolute atomic E-state index is 0.0294. The van der Waals surface area contributed by atoms with Crippen molar-refractivity contribution in [2.75, 3.05) is 6.61 Å². The summed E-state index contributed by atoms with van der Waals surface area (Å²) < 4.78 is 5.05. The third-order valence-corrected chi connectivity index (χ3v) is 3.80. The lowest BCUT2D eigenvalue weighted by Gasteiger charge is -2.05. The molecular formula is C20H20N2O3. The first-order valence-electron chi connectivity index (χ1n) is 7.98. The maximum absolute atomic E-state index is 12.9. The highest BCUT2D eigenvalue weighted by Crippen LogP contribution is 2.23. The molecule has 0 saturated heterocycles. The van der Waals surface area contributed by atoms with E-state index in [0.29, 0.717) is 11.4 Å². The molecule has 5 heteroatoms. The SMILES string of the molecule is CCOC(=O)c1c(C)[nH]c(C)c1C(=O)/C(C#N)=C/c1cccc(C)c1. The molecule has 0 saturated carbocycles. The molecule has 0 unspecified atom stereocenters. The Hall–Kier alpha value is -3.13. The number of Topliss-reactive ketones (excluding diaryl/α,β-unsaturated/α-hetero) is 1. The second-order valence-electron chi connectivity index (χ2n) is 5.76. The molecule has 128 valence electrons. The molecule has 0 aliphatic carbocycles. The predicted octanol–water partition coefficient (Wildman–Crippen LogP) is 3.91. The largest absolute Gasteiger partial charge is 0.462 e. The number of benzene rings is 1. The Balaban J connectivity index is 2.52. The summed E-state index contributed by atoms with van der Waals surface area (Å²) in [6.07, 6.45) is 1.53. The van der Waals surface area contributed by atoms with Crippen LogP contribution in [0.2, 0.25) is 0 Å². The fourth-order valence-electron chi connectivity index (χ4n) is 2.73. The van der Waals surface area contributed by atoms with Gasteiger partial charge in [0.15, 0.2) is 0 Å². The van der Waals surface area contributed by atoms with Crippen molar-refractivity contribution in [1.82, 2.24) is 4.98 Å². The summed E-state index contributed by atoms with van der Waals surface area (Å²) in [6.45, 7) is 7.24. The number of hydrogen-bond donors (Lipinski definition) is 1. The first-order valence-corrected chi connectivity index (χ1v) is 7.98. The number of rotatable bonds is 5. The molecule has 0 aliphatic rings. The zero-order chi connectivity index (χ0) is 18.6. The molecule has 0 atom stereocenters. The average Bonchev–Trinajstić information content (AvgIpc) is 2.86. The molecule has 1 aromatic carbocycles. The van der Waals surface area contributed by atoms with Gasteiger partial charge in [0.2, 0.25) is 5.78 Å². The normalized spacial score (nSPS) is 11.1. The number of aromatic amines is 1. The first kappa shape index (κ1) is 18.2. The number of H-pyrrole nitrogens is 1. The maximum Gasteiger partial charge on any atom is 0.340 e. The lowest BCUT2D eigenvalue weighted by molar-refractivity contribution is 0.0523. The number of nitrogens with zero attached hydrogens (tertiary/aromatic N) is 1. The van der Waals surface area contributed by atoms with E-state index in [0.717, 1.165) is 11.1 Å². The fourth-order valence-corrected chi connectivity index (χ4v) is 2.73. The van der Waals surface area contributed by atoms with Crippen molar-refractivity contribution in [3.05, 3.63) is 63.5 Å². The van der Waals surface area contributed by atoms with Gasteiger partial charge in [0.25, 0.3) is 0 Å². The molecule has 0 fully saturated rings. The van der Waals surface area contributed by atoms with Gasteiger partial charge >= 0.3 is 5.97 Å². The van der Waals surface area contributed by atoms with Crippen molar-refractivity contribution in [3.63, 3.8) is 0 Å². The number of nitrogens with one attached hydrogen (secondary N) is 1. The predicted molar refractivity (Wildman–Crippen MR) is 95.3 cm³/mol. The lowest BCUT2D eigenvalue weighted by atomic mass is 9.97. The molecule has 0 amide bonds. The smallest absolute Gasteiger partial charge is 0.340 e. The van der Waals surface area contributed by atoms with E-state index in [9.17, 15) is 14.9 Å². The Bertz CT molecular complexity index is 898. The summed E-state index contributed by atoms with van der Waals surface area (Å²) >= 11 is 0. The van der Waals surface area contributed by atoms with E-state index in [1.54, 1.807) is 20.8 Å². The number of aromatic nitrogens is 1. The van der Waals surface area contributed by atoms with Crippen LogP contribution in [0.25, 0.3) is 6.08 Å². The molecule has 1 N–H and O–H groups in total. The molecular weight excluding hydrogens is 316 g/mol. The van der Waals surface area contributed by atoms with E-state index >= 15 is 0 Å². The molecule has 1 aromatic heterocycles.